The highest BCUT2D eigenvalue weighted by Crippen LogP contribution is 2.44. The summed E-state index contributed by atoms with van der Waals surface area (Å²) in [5.74, 6) is 1.96. The number of unbranched alkanes of at least 4 members (excludes halogenated alkanes) is 5. The first kappa shape index (κ1) is 17.3. The highest BCUT2D eigenvalue weighted by atomic mass is 14.9. The van der Waals surface area contributed by atoms with E-state index < -0.39 is 0 Å². The third-order valence-corrected chi connectivity index (χ3v) is 5.85. The lowest BCUT2D eigenvalue weighted by Gasteiger charge is -2.41. The van der Waals surface area contributed by atoms with Gasteiger partial charge in [0, 0.05) is 6.04 Å². The van der Waals surface area contributed by atoms with Crippen LogP contribution in [-0.4, -0.2) is 12.6 Å². The van der Waals surface area contributed by atoms with Crippen molar-refractivity contribution in [2.24, 2.45) is 17.3 Å². The van der Waals surface area contributed by atoms with Gasteiger partial charge in [-0.15, -0.1) is 0 Å². The molecule has 0 aromatic carbocycles. The fourth-order valence-electron chi connectivity index (χ4n) is 4.19. The molecule has 1 heteroatoms. The zero-order valence-corrected chi connectivity index (χ0v) is 14.9. The Bertz CT molecular complexity index is 278. The lowest BCUT2D eigenvalue weighted by atomic mass is 9.66. The van der Waals surface area contributed by atoms with Gasteiger partial charge in [-0.3, -0.25) is 0 Å². The third kappa shape index (κ3) is 6.72. The van der Waals surface area contributed by atoms with Gasteiger partial charge in [-0.25, -0.2) is 0 Å². The predicted molar refractivity (Wildman–Crippen MR) is 93.6 cm³/mol. The second-order valence-corrected chi connectivity index (χ2v) is 8.67. The van der Waals surface area contributed by atoms with Crippen molar-refractivity contribution in [1.29, 1.82) is 0 Å². The van der Waals surface area contributed by atoms with Crippen LogP contribution in [0.3, 0.4) is 0 Å². The van der Waals surface area contributed by atoms with E-state index in [2.05, 4.69) is 26.1 Å². The van der Waals surface area contributed by atoms with Crippen LogP contribution >= 0.6 is 0 Å². The van der Waals surface area contributed by atoms with Crippen LogP contribution in [0.15, 0.2) is 0 Å². The van der Waals surface area contributed by atoms with Gasteiger partial charge in [0.2, 0.25) is 0 Å². The molecule has 21 heavy (non-hydrogen) atoms. The van der Waals surface area contributed by atoms with Gasteiger partial charge < -0.3 is 5.32 Å². The van der Waals surface area contributed by atoms with E-state index in [1.54, 1.807) is 0 Å². The highest BCUT2D eigenvalue weighted by Gasteiger charge is 2.35. The first-order valence-corrected chi connectivity index (χ1v) is 9.84. The van der Waals surface area contributed by atoms with Crippen LogP contribution in [0, 0.1) is 17.3 Å². The molecule has 124 valence electrons. The summed E-state index contributed by atoms with van der Waals surface area (Å²) in [6.07, 6.45) is 17.4. The molecule has 1 nitrogen and oxygen atoms in total. The molecule has 0 spiro atoms. The second kappa shape index (κ2) is 8.56. The van der Waals surface area contributed by atoms with Gasteiger partial charge in [-0.05, 0) is 55.9 Å². The molecule has 0 radical (unpaired) electrons. The smallest absolute Gasteiger partial charge is 0.00683 e. The Morgan fingerprint density at radius 1 is 0.905 bits per heavy atom. The van der Waals surface area contributed by atoms with Crippen LogP contribution in [0.25, 0.3) is 0 Å². The van der Waals surface area contributed by atoms with Crippen molar-refractivity contribution in [2.75, 3.05) is 6.54 Å². The summed E-state index contributed by atoms with van der Waals surface area (Å²) in [7, 11) is 0. The summed E-state index contributed by atoms with van der Waals surface area (Å²) in [6, 6.07) is 0.884. The van der Waals surface area contributed by atoms with Crippen molar-refractivity contribution in [1.82, 2.24) is 5.32 Å². The average Bonchev–Trinajstić information content (AvgIpc) is 3.25. The molecule has 2 saturated carbocycles. The van der Waals surface area contributed by atoms with Crippen LogP contribution < -0.4 is 5.32 Å². The minimum Gasteiger partial charge on any atom is -0.314 e. The van der Waals surface area contributed by atoms with Crippen molar-refractivity contribution in [3.05, 3.63) is 0 Å². The van der Waals surface area contributed by atoms with E-state index in [1.807, 2.05) is 0 Å². The maximum atomic E-state index is 3.80. The molecule has 2 fully saturated rings. The molecule has 1 N–H and O–H groups in total. The molecule has 0 aliphatic heterocycles. The Kier molecular flexibility index (Phi) is 7.05. The Labute approximate surface area is 133 Å². The van der Waals surface area contributed by atoms with Gasteiger partial charge in [-0.1, -0.05) is 65.7 Å². The largest absolute Gasteiger partial charge is 0.314 e. The van der Waals surface area contributed by atoms with Gasteiger partial charge in [0.05, 0.1) is 0 Å². The average molecular weight is 294 g/mol. The van der Waals surface area contributed by atoms with E-state index in [9.17, 15) is 0 Å². The standard InChI is InChI=1S/C20H39N/c1-4-5-6-7-8-9-10-17-15-20(2,3)14-13-18(17)16-21-19-11-12-19/h17-19,21H,4-16H2,1-3H3. The minimum atomic E-state index is 0.600. The van der Waals surface area contributed by atoms with E-state index in [0.29, 0.717) is 5.41 Å². The molecule has 2 rings (SSSR count). The summed E-state index contributed by atoms with van der Waals surface area (Å²) in [4.78, 5) is 0. The Balaban J connectivity index is 1.68. The molecule has 0 bridgehead atoms. The van der Waals surface area contributed by atoms with E-state index in [-0.39, 0.29) is 0 Å². The summed E-state index contributed by atoms with van der Waals surface area (Å²) in [5, 5.41) is 3.80. The molecule has 0 aromatic rings. The van der Waals surface area contributed by atoms with Gasteiger partial charge in [-0.2, -0.15) is 0 Å². The molecule has 0 amide bonds. The number of rotatable bonds is 10. The van der Waals surface area contributed by atoms with Crippen molar-refractivity contribution in [2.45, 2.75) is 104 Å². The Hall–Kier alpha value is -0.0400. The van der Waals surface area contributed by atoms with Gasteiger partial charge in [0.15, 0.2) is 0 Å². The summed E-state index contributed by atoms with van der Waals surface area (Å²) in [6.45, 7) is 8.60. The minimum absolute atomic E-state index is 0.600. The topological polar surface area (TPSA) is 12.0 Å². The quantitative estimate of drug-likeness (QED) is 0.492. The Morgan fingerprint density at radius 3 is 2.33 bits per heavy atom. The van der Waals surface area contributed by atoms with Crippen molar-refractivity contribution < 1.29 is 0 Å². The number of hydrogen-bond acceptors (Lipinski definition) is 1. The zero-order chi connectivity index (χ0) is 15.1. The van der Waals surface area contributed by atoms with E-state index in [0.717, 1.165) is 17.9 Å². The zero-order valence-electron chi connectivity index (χ0n) is 14.9. The molecule has 2 atom stereocenters. The molecule has 0 aromatic heterocycles. The van der Waals surface area contributed by atoms with Gasteiger partial charge in [0.25, 0.3) is 0 Å². The van der Waals surface area contributed by atoms with Crippen LogP contribution in [0.1, 0.15) is 97.8 Å². The highest BCUT2D eigenvalue weighted by molar-refractivity contribution is 4.88. The molecular formula is C20H39N. The fourth-order valence-corrected chi connectivity index (χ4v) is 4.19. The second-order valence-electron chi connectivity index (χ2n) is 8.67. The van der Waals surface area contributed by atoms with Crippen molar-refractivity contribution >= 4 is 0 Å². The predicted octanol–water partition coefficient (Wildman–Crippen LogP) is 5.93. The monoisotopic (exact) mass is 293 g/mol. The lowest BCUT2D eigenvalue weighted by molar-refractivity contribution is 0.107. The first-order valence-electron chi connectivity index (χ1n) is 9.84. The number of hydrogen-bond donors (Lipinski definition) is 1. The van der Waals surface area contributed by atoms with Crippen LogP contribution in [-0.2, 0) is 0 Å². The van der Waals surface area contributed by atoms with Gasteiger partial charge >= 0.3 is 0 Å². The van der Waals surface area contributed by atoms with Crippen LogP contribution in [0.2, 0.25) is 0 Å². The van der Waals surface area contributed by atoms with Crippen molar-refractivity contribution in [3.63, 3.8) is 0 Å². The maximum absolute atomic E-state index is 3.80. The molecule has 2 aliphatic carbocycles. The molecule has 2 unspecified atom stereocenters. The normalized spacial score (nSPS) is 28.7. The van der Waals surface area contributed by atoms with E-state index >= 15 is 0 Å². The maximum Gasteiger partial charge on any atom is 0.00683 e. The SMILES string of the molecule is CCCCCCCCC1CC(C)(C)CCC1CNC1CC1. The van der Waals surface area contributed by atoms with E-state index in [1.165, 1.54) is 83.6 Å². The molecular weight excluding hydrogens is 254 g/mol. The summed E-state index contributed by atoms with van der Waals surface area (Å²) < 4.78 is 0. The summed E-state index contributed by atoms with van der Waals surface area (Å²) >= 11 is 0. The summed E-state index contributed by atoms with van der Waals surface area (Å²) in [5.41, 5.74) is 0.600. The Morgan fingerprint density at radius 2 is 1.62 bits per heavy atom. The fraction of sp³-hybridized carbons (Fsp3) is 1.00. The lowest BCUT2D eigenvalue weighted by Crippen LogP contribution is -2.36. The first-order chi connectivity index (χ1) is 10.1. The molecule has 0 saturated heterocycles. The molecule has 0 heterocycles. The van der Waals surface area contributed by atoms with E-state index in [4.69, 9.17) is 0 Å². The van der Waals surface area contributed by atoms with Crippen LogP contribution in [0.5, 0.6) is 0 Å². The van der Waals surface area contributed by atoms with Gasteiger partial charge in [0.1, 0.15) is 0 Å². The van der Waals surface area contributed by atoms with Crippen LogP contribution in [0.4, 0.5) is 0 Å². The molecule has 2 aliphatic rings. The number of nitrogens with one attached hydrogen (secondary N) is 1. The van der Waals surface area contributed by atoms with Crippen molar-refractivity contribution in [3.8, 4) is 0 Å². The third-order valence-electron chi connectivity index (χ3n) is 5.85.